The molecule has 17 heavy (non-hydrogen) atoms. The van der Waals surface area contributed by atoms with Gasteiger partial charge >= 0.3 is 12.0 Å². The zero-order chi connectivity index (χ0) is 13.5. The molecular formula is C12H24N2O3. The van der Waals surface area contributed by atoms with Crippen LogP contribution in [0.5, 0.6) is 0 Å². The van der Waals surface area contributed by atoms with Crippen molar-refractivity contribution in [2.45, 2.75) is 65.0 Å². The first-order valence-electron chi connectivity index (χ1n) is 6.14. The number of amides is 2. The zero-order valence-corrected chi connectivity index (χ0v) is 11.2. The summed E-state index contributed by atoms with van der Waals surface area (Å²) in [4.78, 5) is 22.5. The molecule has 2 amide bonds. The lowest BCUT2D eigenvalue weighted by Gasteiger charge is -2.25. The maximum atomic E-state index is 11.6. The van der Waals surface area contributed by atoms with Gasteiger partial charge in [-0.05, 0) is 26.7 Å². The van der Waals surface area contributed by atoms with Gasteiger partial charge in [0.15, 0.2) is 0 Å². The van der Waals surface area contributed by atoms with Gasteiger partial charge in [0, 0.05) is 5.54 Å². The highest BCUT2D eigenvalue weighted by atomic mass is 16.4. The summed E-state index contributed by atoms with van der Waals surface area (Å²) >= 11 is 0. The third-order valence-corrected chi connectivity index (χ3v) is 2.79. The van der Waals surface area contributed by atoms with E-state index in [1.807, 2.05) is 27.7 Å². The molecule has 0 aliphatic rings. The Hall–Kier alpha value is -1.26. The van der Waals surface area contributed by atoms with E-state index >= 15 is 0 Å². The Bertz CT molecular complexity index is 264. The molecule has 0 radical (unpaired) electrons. The SMILES string of the molecule is CCCC[C@H](NC(=O)NC(C)(C)CC)C(=O)O. The smallest absolute Gasteiger partial charge is 0.326 e. The molecule has 1 atom stereocenters. The van der Waals surface area contributed by atoms with Crippen LogP contribution >= 0.6 is 0 Å². The Morgan fingerprint density at radius 1 is 1.29 bits per heavy atom. The van der Waals surface area contributed by atoms with E-state index in [4.69, 9.17) is 5.11 Å². The summed E-state index contributed by atoms with van der Waals surface area (Å²) in [6, 6.07) is -1.22. The lowest BCUT2D eigenvalue weighted by Crippen LogP contribution is -2.52. The monoisotopic (exact) mass is 244 g/mol. The predicted molar refractivity (Wildman–Crippen MR) is 67.0 cm³/mol. The number of carbonyl (C=O) groups is 2. The molecule has 5 nitrogen and oxygen atoms in total. The highest BCUT2D eigenvalue weighted by molar-refractivity contribution is 5.82. The van der Waals surface area contributed by atoms with Crippen molar-refractivity contribution in [3.8, 4) is 0 Å². The fourth-order valence-corrected chi connectivity index (χ4v) is 1.26. The minimum atomic E-state index is -0.983. The van der Waals surface area contributed by atoms with E-state index in [0.29, 0.717) is 6.42 Å². The van der Waals surface area contributed by atoms with Crippen LogP contribution in [0.2, 0.25) is 0 Å². The second-order valence-corrected chi connectivity index (χ2v) is 4.87. The van der Waals surface area contributed by atoms with Gasteiger partial charge in [-0.3, -0.25) is 0 Å². The number of hydrogen-bond donors (Lipinski definition) is 3. The van der Waals surface area contributed by atoms with Gasteiger partial charge in [-0.1, -0.05) is 26.7 Å². The average Bonchev–Trinajstić information content (AvgIpc) is 2.23. The van der Waals surface area contributed by atoms with Crippen LogP contribution in [0.1, 0.15) is 53.4 Å². The first kappa shape index (κ1) is 15.7. The molecule has 0 bridgehead atoms. The summed E-state index contributed by atoms with van der Waals surface area (Å²) < 4.78 is 0. The molecule has 0 rings (SSSR count). The minimum Gasteiger partial charge on any atom is -0.480 e. The van der Waals surface area contributed by atoms with E-state index in [1.54, 1.807) is 0 Å². The molecule has 100 valence electrons. The van der Waals surface area contributed by atoms with Gasteiger partial charge in [0.2, 0.25) is 0 Å². The third-order valence-electron chi connectivity index (χ3n) is 2.79. The molecule has 0 saturated heterocycles. The maximum Gasteiger partial charge on any atom is 0.326 e. The molecule has 0 unspecified atom stereocenters. The molecule has 0 aromatic carbocycles. The van der Waals surface area contributed by atoms with E-state index in [9.17, 15) is 9.59 Å². The average molecular weight is 244 g/mol. The number of carbonyl (C=O) groups excluding carboxylic acids is 1. The van der Waals surface area contributed by atoms with Crippen LogP contribution in [0.25, 0.3) is 0 Å². The molecule has 0 heterocycles. The molecule has 0 aliphatic heterocycles. The molecule has 0 fully saturated rings. The van der Waals surface area contributed by atoms with Crippen molar-refractivity contribution in [3.63, 3.8) is 0 Å². The fourth-order valence-electron chi connectivity index (χ4n) is 1.26. The number of rotatable bonds is 7. The summed E-state index contributed by atoms with van der Waals surface area (Å²) in [6.07, 6.45) is 2.95. The van der Waals surface area contributed by atoms with E-state index < -0.39 is 18.0 Å². The highest BCUT2D eigenvalue weighted by Gasteiger charge is 2.23. The standard InChI is InChI=1S/C12H24N2O3/c1-5-7-8-9(10(15)16)13-11(17)14-12(3,4)6-2/h9H,5-8H2,1-4H3,(H,15,16)(H2,13,14,17)/t9-/m0/s1. The highest BCUT2D eigenvalue weighted by Crippen LogP contribution is 2.07. The van der Waals surface area contributed by atoms with Gasteiger partial charge in [0.1, 0.15) is 6.04 Å². The first-order chi connectivity index (χ1) is 7.82. The molecule has 0 aromatic rings. The van der Waals surface area contributed by atoms with Crippen LogP contribution < -0.4 is 10.6 Å². The Kier molecular flexibility index (Phi) is 6.61. The van der Waals surface area contributed by atoms with E-state index in [-0.39, 0.29) is 5.54 Å². The van der Waals surface area contributed by atoms with Crippen molar-refractivity contribution in [3.05, 3.63) is 0 Å². The van der Waals surface area contributed by atoms with Crippen LogP contribution in [0, 0.1) is 0 Å². The quantitative estimate of drug-likeness (QED) is 0.642. The van der Waals surface area contributed by atoms with Crippen LogP contribution in [0.3, 0.4) is 0 Å². The second-order valence-electron chi connectivity index (χ2n) is 4.87. The topological polar surface area (TPSA) is 78.4 Å². The Labute approximate surface area is 103 Å². The lowest BCUT2D eigenvalue weighted by atomic mass is 10.0. The Balaban J connectivity index is 4.26. The normalized spacial score (nSPS) is 12.9. The minimum absolute atomic E-state index is 0.322. The maximum absolute atomic E-state index is 11.6. The van der Waals surface area contributed by atoms with Crippen molar-refractivity contribution >= 4 is 12.0 Å². The van der Waals surface area contributed by atoms with Crippen molar-refractivity contribution in [2.24, 2.45) is 0 Å². The molecular weight excluding hydrogens is 220 g/mol. The number of carboxylic acids is 1. The van der Waals surface area contributed by atoms with Gasteiger partial charge in [0.05, 0.1) is 0 Å². The fraction of sp³-hybridized carbons (Fsp3) is 0.833. The number of aliphatic carboxylic acids is 1. The molecule has 0 spiro atoms. The van der Waals surface area contributed by atoms with Gasteiger partial charge in [-0.2, -0.15) is 0 Å². The van der Waals surface area contributed by atoms with E-state index in [0.717, 1.165) is 19.3 Å². The van der Waals surface area contributed by atoms with E-state index in [1.165, 1.54) is 0 Å². The van der Waals surface area contributed by atoms with Gasteiger partial charge in [0.25, 0.3) is 0 Å². The summed E-state index contributed by atoms with van der Waals surface area (Å²) in [5.41, 5.74) is -0.322. The molecule has 0 aromatic heterocycles. The van der Waals surface area contributed by atoms with Crippen molar-refractivity contribution in [1.82, 2.24) is 10.6 Å². The summed E-state index contributed by atoms with van der Waals surface area (Å²) in [6.45, 7) is 7.74. The number of carboxylic acid groups (broad SMARTS) is 1. The van der Waals surface area contributed by atoms with Gasteiger partial charge in [-0.25, -0.2) is 9.59 Å². The van der Waals surface area contributed by atoms with Crippen molar-refractivity contribution in [1.29, 1.82) is 0 Å². The van der Waals surface area contributed by atoms with E-state index in [2.05, 4.69) is 10.6 Å². The number of hydrogen-bond acceptors (Lipinski definition) is 2. The van der Waals surface area contributed by atoms with Gasteiger partial charge in [-0.15, -0.1) is 0 Å². The van der Waals surface area contributed by atoms with Crippen LogP contribution in [-0.4, -0.2) is 28.7 Å². The summed E-state index contributed by atoms with van der Waals surface area (Å²) in [7, 11) is 0. The predicted octanol–water partition coefficient (Wildman–Crippen LogP) is 2.12. The van der Waals surface area contributed by atoms with Crippen LogP contribution in [-0.2, 0) is 4.79 Å². The van der Waals surface area contributed by atoms with Crippen molar-refractivity contribution < 1.29 is 14.7 Å². The number of urea groups is 1. The number of nitrogens with one attached hydrogen (secondary N) is 2. The summed E-state index contributed by atoms with van der Waals surface area (Å²) in [5.74, 6) is -0.983. The van der Waals surface area contributed by atoms with Crippen molar-refractivity contribution in [2.75, 3.05) is 0 Å². The Morgan fingerprint density at radius 3 is 2.29 bits per heavy atom. The van der Waals surface area contributed by atoms with Gasteiger partial charge < -0.3 is 15.7 Å². The Morgan fingerprint density at radius 2 is 1.88 bits per heavy atom. The molecule has 5 heteroatoms. The zero-order valence-electron chi connectivity index (χ0n) is 11.2. The number of unbranched alkanes of at least 4 members (excludes halogenated alkanes) is 1. The summed E-state index contributed by atoms with van der Waals surface area (Å²) in [5, 5.41) is 14.2. The first-order valence-corrected chi connectivity index (χ1v) is 6.14. The largest absolute Gasteiger partial charge is 0.480 e. The molecule has 3 N–H and O–H groups in total. The molecule has 0 saturated carbocycles. The second kappa shape index (κ2) is 7.14. The third kappa shape index (κ3) is 6.81. The van der Waals surface area contributed by atoms with Crippen LogP contribution in [0.4, 0.5) is 4.79 Å². The molecule has 0 aliphatic carbocycles. The van der Waals surface area contributed by atoms with Crippen LogP contribution in [0.15, 0.2) is 0 Å². The lowest BCUT2D eigenvalue weighted by molar-refractivity contribution is -0.139.